The Bertz CT molecular complexity index is 1110. The molecule has 2 heterocycles. The maximum atomic E-state index is 12.9. The lowest BCUT2D eigenvalue weighted by molar-refractivity contribution is 0.0528. The molecule has 1 aromatic heterocycles. The highest BCUT2D eigenvalue weighted by molar-refractivity contribution is 6.10. The summed E-state index contributed by atoms with van der Waals surface area (Å²) >= 11 is 0. The number of piperidine rings is 1. The van der Waals surface area contributed by atoms with E-state index >= 15 is 0 Å². The molecule has 1 aliphatic heterocycles. The Labute approximate surface area is 181 Å². The maximum absolute atomic E-state index is 12.9. The van der Waals surface area contributed by atoms with Crippen molar-refractivity contribution in [3.05, 3.63) is 53.6 Å². The number of fused-ring (bicyclic) bond motifs is 1. The molecule has 1 N–H and O–H groups in total. The number of carbonyl (C=O) groups is 1. The number of hydrogen-bond acceptors (Lipinski definition) is 6. The molecule has 0 radical (unpaired) electrons. The molecular weight excluding hydrogens is 392 g/mol. The first-order valence-electron chi connectivity index (χ1n) is 10.7. The number of carbonyl (C=O) groups excluding carboxylic acids is 1. The molecule has 6 nitrogen and oxygen atoms in total. The molecule has 0 saturated carbocycles. The van der Waals surface area contributed by atoms with E-state index in [1.807, 2.05) is 30.3 Å². The standard InChI is InChI=1S/C25H26N2O4/c1-2-30-25(29)23-22-19(12-15-27-13-10-17(16-26)11-14-27)20(28)8-9-21(22)31-24(23)18-6-4-3-5-7-18/h3-9,17,28H,2,10-15H2,1H3. The maximum Gasteiger partial charge on any atom is 0.342 e. The highest BCUT2D eigenvalue weighted by Crippen LogP contribution is 2.39. The zero-order valence-electron chi connectivity index (χ0n) is 17.6. The van der Waals surface area contributed by atoms with Gasteiger partial charge in [0.2, 0.25) is 0 Å². The van der Waals surface area contributed by atoms with Gasteiger partial charge in [-0.25, -0.2) is 4.79 Å². The number of nitriles is 1. The van der Waals surface area contributed by atoms with E-state index in [1.54, 1.807) is 19.1 Å². The SMILES string of the molecule is CCOC(=O)c1c(-c2ccccc2)oc2ccc(O)c(CCN3CCC(C#N)CC3)c12. The van der Waals surface area contributed by atoms with Crippen LogP contribution < -0.4 is 0 Å². The third-order valence-corrected chi connectivity index (χ3v) is 5.90. The topological polar surface area (TPSA) is 86.7 Å². The smallest absolute Gasteiger partial charge is 0.342 e. The van der Waals surface area contributed by atoms with Crippen molar-refractivity contribution in [3.63, 3.8) is 0 Å². The van der Waals surface area contributed by atoms with E-state index in [2.05, 4.69) is 11.0 Å². The Hall–Kier alpha value is -3.30. The molecule has 1 aliphatic rings. The lowest BCUT2D eigenvalue weighted by Crippen LogP contribution is -2.34. The number of rotatable bonds is 6. The first-order chi connectivity index (χ1) is 15.1. The van der Waals surface area contributed by atoms with Gasteiger partial charge < -0.3 is 19.2 Å². The molecule has 4 rings (SSSR count). The number of ether oxygens (including phenoxy) is 1. The summed E-state index contributed by atoms with van der Waals surface area (Å²) in [5, 5.41) is 20.4. The van der Waals surface area contributed by atoms with Gasteiger partial charge in [-0.3, -0.25) is 0 Å². The van der Waals surface area contributed by atoms with Crippen LogP contribution in [0.1, 0.15) is 35.7 Å². The van der Waals surface area contributed by atoms with Crippen LogP contribution in [-0.4, -0.2) is 42.2 Å². The van der Waals surface area contributed by atoms with E-state index < -0.39 is 5.97 Å². The second-order valence-corrected chi connectivity index (χ2v) is 7.82. The van der Waals surface area contributed by atoms with Gasteiger partial charge in [-0.2, -0.15) is 5.26 Å². The Morgan fingerprint density at radius 1 is 1.23 bits per heavy atom. The minimum Gasteiger partial charge on any atom is -0.508 e. The van der Waals surface area contributed by atoms with Crippen molar-refractivity contribution in [2.24, 2.45) is 5.92 Å². The summed E-state index contributed by atoms with van der Waals surface area (Å²) in [6.45, 7) is 4.48. The predicted octanol–water partition coefficient (Wildman–Crippen LogP) is 4.76. The fourth-order valence-electron chi connectivity index (χ4n) is 4.25. The quantitative estimate of drug-likeness (QED) is 0.581. The first kappa shape index (κ1) is 21.0. The van der Waals surface area contributed by atoms with Gasteiger partial charge in [0.25, 0.3) is 0 Å². The van der Waals surface area contributed by atoms with Crippen molar-refractivity contribution in [2.75, 3.05) is 26.2 Å². The summed E-state index contributed by atoms with van der Waals surface area (Å²) in [5.74, 6) is 0.272. The molecule has 160 valence electrons. The normalized spacial score (nSPS) is 15.1. The van der Waals surface area contributed by atoms with Crippen molar-refractivity contribution >= 4 is 16.9 Å². The summed E-state index contributed by atoms with van der Waals surface area (Å²) in [4.78, 5) is 15.2. The fourth-order valence-corrected chi connectivity index (χ4v) is 4.25. The molecule has 0 unspecified atom stereocenters. The number of phenols is 1. The van der Waals surface area contributed by atoms with Gasteiger partial charge in [-0.15, -0.1) is 0 Å². The van der Waals surface area contributed by atoms with Crippen LogP contribution in [0.5, 0.6) is 5.75 Å². The van der Waals surface area contributed by atoms with Gasteiger partial charge in [0.05, 0.1) is 12.7 Å². The molecule has 0 bridgehead atoms. The third-order valence-electron chi connectivity index (χ3n) is 5.90. The first-order valence-corrected chi connectivity index (χ1v) is 10.7. The van der Waals surface area contributed by atoms with Gasteiger partial charge in [-0.05, 0) is 51.4 Å². The molecule has 6 heteroatoms. The number of likely N-dealkylation sites (tertiary alicyclic amines) is 1. The van der Waals surface area contributed by atoms with Crippen LogP contribution in [0, 0.1) is 17.2 Å². The van der Waals surface area contributed by atoms with Crippen molar-refractivity contribution < 1.29 is 19.1 Å². The molecular formula is C25H26N2O4. The number of esters is 1. The minimum absolute atomic E-state index is 0.130. The van der Waals surface area contributed by atoms with E-state index in [4.69, 9.17) is 14.4 Å². The number of aromatic hydroxyl groups is 1. The van der Waals surface area contributed by atoms with E-state index in [0.717, 1.165) is 38.0 Å². The molecule has 0 atom stereocenters. The number of nitrogens with zero attached hydrogens (tertiary/aromatic N) is 2. The van der Waals surface area contributed by atoms with Crippen LogP contribution in [0.25, 0.3) is 22.3 Å². The fraction of sp³-hybridized carbons (Fsp3) is 0.360. The van der Waals surface area contributed by atoms with Crippen molar-refractivity contribution in [3.8, 4) is 23.1 Å². The monoisotopic (exact) mass is 418 g/mol. The number of hydrogen-bond donors (Lipinski definition) is 1. The minimum atomic E-state index is -0.457. The van der Waals surface area contributed by atoms with E-state index in [-0.39, 0.29) is 18.3 Å². The molecule has 1 saturated heterocycles. The number of benzene rings is 2. The Morgan fingerprint density at radius 3 is 2.65 bits per heavy atom. The lowest BCUT2D eigenvalue weighted by atomic mass is 9.96. The van der Waals surface area contributed by atoms with Crippen molar-refractivity contribution in [1.29, 1.82) is 5.26 Å². The summed E-state index contributed by atoms with van der Waals surface area (Å²) in [6.07, 6.45) is 2.30. The van der Waals surface area contributed by atoms with Gasteiger partial charge in [0.1, 0.15) is 22.7 Å². The van der Waals surface area contributed by atoms with E-state index in [9.17, 15) is 9.90 Å². The zero-order valence-corrected chi connectivity index (χ0v) is 17.6. The molecule has 1 fully saturated rings. The van der Waals surface area contributed by atoms with E-state index in [1.165, 1.54) is 0 Å². The van der Waals surface area contributed by atoms with Crippen molar-refractivity contribution in [1.82, 2.24) is 4.90 Å². The van der Waals surface area contributed by atoms with E-state index in [0.29, 0.717) is 34.3 Å². The predicted molar refractivity (Wildman–Crippen MR) is 118 cm³/mol. The molecule has 3 aromatic rings. The second-order valence-electron chi connectivity index (χ2n) is 7.82. The summed E-state index contributed by atoms with van der Waals surface area (Å²) in [7, 11) is 0. The molecule has 2 aromatic carbocycles. The van der Waals surface area contributed by atoms with Crippen LogP contribution in [-0.2, 0) is 11.2 Å². The average Bonchev–Trinajstić information content (AvgIpc) is 3.19. The highest BCUT2D eigenvalue weighted by atomic mass is 16.5. The Morgan fingerprint density at radius 2 is 1.97 bits per heavy atom. The van der Waals surface area contributed by atoms with Crippen LogP contribution in [0.4, 0.5) is 0 Å². The van der Waals surface area contributed by atoms with Gasteiger partial charge in [0, 0.05) is 29.0 Å². The second kappa shape index (κ2) is 9.23. The third kappa shape index (κ3) is 4.28. The van der Waals surface area contributed by atoms with Crippen LogP contribution in [0.15, 0.2) is 46.9 Å². The van der Waals surface area contributed by atoms with Crippen molar-refractivity contribution in [2.45, 2.75) is 26.2 Å². The van der Waals surface area contributed by atoms with Gasteiger partial charge >= 0.3 is 5.97 Å². The lowest BCUT2D eigenvalue weighted by Gasteiger charge is -2.29. The number of furan rings is 1. The summed E-state index contributed by atoms with van der Waals surface area (Å²) in [5.41, 5.74) is 2.38. The highest BCUT2D eigenvalue weighted by Gasteiger charge is 2.27. The number of phenolic OH excluding ortho intramolecular Hbond substituents is 1. The molecule has 0 amide bonds. The molecule has 0 aliphatic carbocycles. The summed E-state index contributed by atoms with van der Waals surface area (Å²) < 4.78 is 11.5. The Balaban J connectivity index is 1.73. The largest absolute Gasteiger partial charge is 0.508 e. The van der Waals surface area contributed by atoms with Crippen LogP contribution >= 0.6 is 0 Å². The van der Waals surface area contributed by atoms with Crippen LogP contribution in [0.3, 0.4) is 0 Å². The summed E-state index contributed by atoms with van der Waals surface area (Å²) in [6, 6.07) is 15.1. The zero-order chi connectivity index (χ0) is 21.8. The molecule has 0 spiro atoms. The van der Waals surface area contributed by atoms with Crippen LogP contribution in [0.2, 0.25) is 0 Å². The molecule has 31 heavy (non-hydrogen) atoms. The van der Waals surface area contributed by atoms with Gasteiger partial charge in [-0.1, -0.05) is 30.3 Å². The van der Waals surface area contributed by atoms with Gasteiger partial charge in [0.15, 0.2) is 0 Å². The Kier molecular flexibility index (Phi) is 6.24. The average molecular weight is 418 g/mol.